The summed E-state index contributed by atoms with van der Waals surface area (Å²) in [5, 5.41) is 3.78. The zero-order chi connectivity index (χ0) is 23.4. The minimum absolute atomic E-state index is 0.0943. The van der Waals surface area contributed by atoms with Gasteiger partial charge in [0.25, 0.3) is 0 Å². The predicted molar refractivity (Wildman–Crippen MR) is 109 cm³/mol. The largest absolute Gasteiger partial charge is 0.456 e. The molecule has 1 heterocycles. The van der Waals surface area contributed by atoms with Crippen molar-refractivity contribution in [2.24, 2.45) is 0 Å². The number of alkyl halides is 3. The molecule has 0 unspecified atom stereocenters. The van der Waals surface area contributed by atoms with Crippen LogP contribution in [0.15, 0.2) is 66.7 Å². The van der Waals surface area contributed by atoms with Crippen molar-refractivity contribution in [3.8, 4) is 0 Å². The Bertz CT molecular complexity index is 1080. The lowest BCUT2D eigenvalue weighted by Crippen LogP contribution is -2.39. The fourth-order valence-corrected chi connectivity index (χ4v) is 2.79. The average Bonchev–Trinajstić information content (AvgIpc) is 3.23. The number of carbonyl (C=O) groups is 2. The monoisotopic (exact) mass is 446 g/mol. The molecule has 2 aromatic carbocycles. The van der Waals surface area contributed by atoms with Gasteiger partial charge >= 0.3 is 18.2 Å². The first-order valence-electron chi connectivity index (χ1n) is 9.69. The highest BCUT2D eigenvalue weighted by Gasteiger charge is 2.51. The zero-order valence-corrected chi connectivity index (χ0v) is 17.4. The molecule has 0 saturated carbocycles. The second-order valence-corrected chi connectivity index (χ2v) is 7.55. The number of benzene rings is 2. The minimum atomic E-state index is -4.71. The van der Waals surface area contributed by atoms with E-state index in [0.717, 1.165) is 19.9 Å². The van der Waals surface area contributed by atoms with E-state index in [2.05, 4.69) is 5.10 Å². The van der Waals surface area contributed by atoms with E-state index < -0.39 is 35.0 Å². The summed E-state index contributed by atoms with van der Waals surface area (Å²) in [7, 11) is 0. The molecule has 3 rings (SSSR count). The maximum Gasteiger partial charge on any atom is 0.435 e. The van der Waals surface area contributed by atoms with Crippen molar-refractivity contribution in [2.45, 2.75) is 38.7 Å². The summed E-state index contributed by atoms with van der Waals surface area (Å²) in [6, 6.07) is 18.3. The van der Waals surface area contributed by atoms with Gasteiger partial charge in [-0.3, -0.25) is 0 Å². The molecule has 6 nitrogen and oxygen atoms in total. The van der Waals surface area contributed by atoms with Gasteiger partial charge in [-0.15, -0.1) is 0 Å². The Morgan fingerprint density at radius 3 is 1.88 bits per heavy atom. The lowest BCUT2D eigenvalue weighted by molar-refractivity contribution is -0.181. The SMILES string of the molecule is CC(C)(c1cc(C(=O)OCc2ccccc2)nn1C(=O)OCc1ccccc1)C(F)(F)F. The average molecular weight is 446 g/mol. The third-order valence-electron chi connectivity index (χ3n) is 4.86. The van der Waals surface area contributed by atoms with Crippen molar-refractivity contribution in [3.05, 3.63) is 89.2 Å². The van der Waals surface area contributed by atoms with E-state index in [0.29, 0.717) is 15.8 Å². The van der Waals surface area contributed by atoms with Crippen LogP contribution in [-0.2, 0) is 28.1 Å². The maximum absolute atomic E-state index is 13.7. The van der Waals surface area contributed by atoms with E-state index in [-0.39, 0.29) is 13.2 Å². The van der Waals surface area contributed by atoms with Crippen LogP contribution < -0.4 is 0 Å². The van der Waals surface area contributed by atoms with E-state index in [1.54, 1.807) is 60.7 Å². The molecule has 0 aliphatic heterocycles. The van der Waals surface area contributed by atoms with E-state index in [1.807, 2.05) is 0 Å². The van der Waals surface area contributed by atoms with Gasteiger partial charge in [-0.2, -0.15) is 23.0 Å². The first kappa shape index (κ1) is 23.1. The quantitative estimate of drug-likeness (QED) is 0.483. The molecule has 0 N–H and O–H groups in total. The summed E-state index contributed by atoms with van der Waals surface area (Å²) in [6.45, 7) is 1.52. The molecule has 9 heteroatoms. The molecule has 0 fully saturated rings. The van der Waals surface area contributed by atoms with E-state index in [1.165, 1.54) is 0 Å². The summed E-state index contributed by atoms with van der Waals surface area (Å²) < 4.78 is 51.8. The normalized spacial score (nSPS) is 11.8. The summed E-state index contributed by atoms with van der Waals surface area (Å²) in [5.74, 6) is -0.956. The Balaban J connectivity index is 1.85. The number of carbonyl (C=O) groups excluding carboxylic acids is 2. The molecule has 3 aromatic rings. The fraction of sp³-hybridized carbons (Fsp3) is 0.261. The first-order valence-corrected chi connectivity index (χ1v) is 9.69. The molecule has 0 atom stereocenters. The van der Waals surface area contributed by atoms with Crippen LogP contribution in [-0.4, -0.2) is 28.0 Å². The molecule has 0 spiro atoms. The highest BCUT2D eigenvalue weighted by atomic mass is 19.4. The zero-order valence-electron chi connectivity index (χ0n) is 17.4. The molecule has 0 bridgehead atoms. The van der Waals surface area contributed by atoms with E-state index >= 15 is 0 Å². The van der Waals surface area contributed by atoms with E-state index in [4.69, 9.17) is 9.47 Å². The molecule has 0 amide bonds. The lowest BCUT2D eigenvalue weighted by Gasteiger charge is -2.27. The summed E-state index contributed by atoms with van der Waals surface area (Å²) in [5.41, 5.74) is -2.10. The van der Waals surface area contributed by atoms with Crippen molar-refractivity contribution < 1.29 is 32.2 Å². The van der Waals surface area contributed by atoms with Gasteiger partial charge in [-0.1, -0.05) is 60.7 Å². The highest BCUT2D eigenvalue weighted by Crippen LogP contribution is 2.40. The number of esters is 1. The van der Waals surface area contributed by atoms with Gasteiger partial charge in [0.15, 0.2) is 5.69 Å². The van der Waals surface area contributed by atoms with Gasteiger partial charge in [0.05, 0.1) is 5.69 Å². The van der Waals surface area contributed by atoms with Crippen LogP contribution in [0.5, 0.6) is 0 Å². The van der Waals surface area contributed by atoms with Crippen LogP contribution in [0.3, 0.4) is 0 Å². The van der Waals surface area contributed by atoms with Crippen molar-refractivity contribution >= 4 is 12.1 Å². The molecule has 0 saturated heterocycles. The smallest absolute Gasteiger partial charge is 0.435 e. The molecule has 0 aliphatic carbocycles. The third-order valence-corrected chi connectivity index (χ3v) is 4.86. The van der Waals surface area contributed by atoms with Crippen LogP contribution in [0.25, 0.3) is 0 Å². The number of halogens is 3. The fourth-order valence-electron chi connectivity index (χ4n) is 2.79. The molecule has 168 valence electrons. The number of nitrogens with zero attached hydrogens (tertiary/aromatic N) is 2. The number of hydrogen-bond donors (Lipinski definition) is 0. The van der Waals surface area contributed by atoms with Crippen molar-refractivity contribution in [1.82, 2.24) is 9.78 Å². The van der Waals surface area contributed by atoms with Crippen LogP contribution in [0, 0.1) is 0 Å². The number of ether oxygens (including phenoxy) is 2. The van der Waals surface area contributed by atoms with Crippen molar-refractivity contribution in [2.75, 3.05) is 0 Å². The Morgan fingerprint density at radius 2 is 1.38 bits per heavy atom. The minimum Gasteiger partial charge on any atom is -0.456 e. The molecular weight excluding hydrogens is 425 g/mol. The summed E-state index contributed by atoms with van der Waals surface area (Å²) in [4.78, 5) is 25.0. The molecule has 32 heavy (non-hydrogen) atoms. The molecule has 0 radical (unpaired) electrons. The topological polar surface area (TPSA) is 70.4 Å². The number of aromatic nitrogens is 2. The molecule has 1 aromatic heterocycles. The molecular formula is C23H21F3N2O4. The third kappa shape index (κ3) is 5.16. The van der Waals surface area contributed by atoms with E-state index in [9.17, 15) is 22.8 Å². The van der Waals surface area contributed by atoms with Crippen LogP contribution in [0.2, 0.25) is 0 Å². The standard InChI is InChI=1S/C23H21F3N2O4/c1-22(2,23(24,25)26)19-13-18(20(29)31-14-16-9-5-3-6-10-16)27-28(19)21(30)32-15-17-11-7-4-8-12-17/h3-13H,14-15H2,1-2H3. The van der Waals surface area contributed by atoms with Crippen LogP contribution in [0.4, 0.5) is 18.0 Å². The lowest BCUT2D eigenvalue weighted by atomic mass is 9.88. The van der Waals surface area contributed by atoms with Crippen LogP contribution in [0.1, 0.15) is 41.2 Å². The van der Waals surface area contributed by atoms with Crippen molar-refractivity contribution in [3.63, 3.8) is 0 Å². The summed E-state index contributed by atoms with van der Waals surface area (Å²) in [6.07, 6.45) is -5.85. The van der Waals surface area contributed by atoms with Gasteiger partial charge in [0, 0.05) is 0 Å². The number of rotatable bonds is 6. The van der Waals surface area contributed by atoms with Gasteiger partial charge in [-0.25, -0.2) is 9.59 Å². The molecule has 0 aliphatic rings. The Hall–Kier alpha value is -3.62. The number of hydrogen-bond acceptors (Lipinski definition) is 5. The Labute approximate surface area is 182 Å². The highest BCUT2D eigenvalue weighted by molar-refractivity contribution is 5.88. The van der Waals surface area contributed by atoms with Gasteiger partial charge in [0.1, 0.15) is 18.6 Å². The predicted octanol–water partition coefficient (Wildman–Crippen LogP) is 5.26. The van der Waals surface area contributed by atoms with Gasteiger partial charge < -0.3 is 9.47 Å². The van der Waals surface area contributed by atoms with Crippen molar-refractivity contribution in [1.29, 1.82) is 0 Å². The summed E-state index contributed by atoms with van der Waals surface area (Å²) >= 11 is 0. The maximum atomic E-state index is 13.7. The van der Waals surface area contributed by atoms with Crippen LogP contribution >= 0.6 is 0 Å². The first-order chi connectivity index (χ1) is 15.1. The Morgan fingerprint density at radius 1 is 0.875 bits per heavy atom. The second-order valence-electron chi connectivity index (χ2n) is 7.55. The second kappa shape index (κ2) is 9.25. The van der Waals surface area contributed by atoms with Gasteiger partial charge in [0.2, 0.25) is 0 Å². The Kier molecular flexibility index (Phi) is 6.67. The van der Waals surface area contributed by atoms with Gasteiger partial charge in [-0.05, 0) is 31.0 Å².